The van der Waals surface area contributed by atoms with Crippen molar-refractivity contribution >= 4 is 11.8 Å². The lowest BCUT2D eigenvalue weighted by Gasteiger charge is -2.11. The second kappa shape index (κ2) is 4.77. The highest BCUT2D eigenvalue weighted by molar-refractivity contribution is 7.98. The maximum Gasteiger partial charge on any atom is 0.153 e. The van der Waals surface area contributed by atoms with Gasteiger partial charge in [0.15, 0.2) is 5.75 Å². The fraction of sp³-hybridized carbons (Fsp3) is 0.300. The van der Waals surface area contributed by atoms with E-state index in [0.717, 1.165) is 10.6 Å². The molecule has 1 aromatic rings. The number of rotatable bonds is 3. The van der Waals surface area contributed by atoms with Gasteiger partial charge in [0.05, 0.1) is 24.7 Å². The average molecular weight is 209 g/mol. The maximum atomic E-state index is 8.85. The van der Waals surface area contributed by atoms with Crippen molar-refractivity contribution in [2.45, 2.75) is 4.90 Å². The third-order valence-electron chi connectivity index (χ3n) is 1.82. The SMILES string of the molecule is COc1ccc(C#N)c(OC)c1SC. The average Bonchev–Trinajstić information content (AvgIpc) is 2.26. The first-order valence-electron chi connectivity index (χ1n) is 3.97. The molecule has 0 aromatic heterocycles. The fourth-order valence-corrected chi connectivity index (χ4v) is 1.92. The molecule has 0 amide bonds. The highest BCUT2D eigenvalue weighted by atomic mass is 32.2. The van der Waals surface area contributed by atoms with Gasteiger partial charge in [0.1, 0.15) is 11.8 Å². The topological polar surface area (TPSA) is 42.2 Å². The van der Waals surface area contributed by atoms with Crippen molar-refractivity contribution in [3.05, 3.63) is 17.7 Å². The Kier molecular flexibility index (Phi) is 3.66. The minimum atomic E-state index is 0.526. The van der Waals surface area contributed by atoms with E-state index < -0.39 is 0 Å². The molecule has 0 radical (unpaired) electrons. The molecule has 0 bridgehead atoms. The summed E-state index contributed by atoms with van der Waals surface area (Å²) in [6.07, 6.45) is 1.92. The van der Waals surface area contributed by atoms with E-state index >= 15 is 0 Å². The smallest absolute Gasteiger partial charge is 0.153 e. The van der Waals surface area contributed by atoms with E-state index in [1.165, 1.54) is 11.8 Å². The quantitative estimate of drug-likeness (QED) is 0.716. The summed E-state index contributed by atoms with van der Waals surface area (Å²) >= 11 is 1.50. The first-order valence-corrected chi connectivity index (χ1v) is 5.20. The Labute approximate surface area is 87.6 Å². The van der Waals surface area contributed by atoms with Gasteiger partial charge in [-0.1, -0.05) is 0 Å². The fourth-order valence-electron chi connectivity index (χ4n) is 1.19. The zero-order valence-electron chi connectivity index (χ0n) is 8.33. The van der Waals surface area contributed by atoms with E-state index in [-0.39, 0.29) is 0 Å². The molecular weight excluding hydrogens is 198 g/mol. The predicted molar refractivity (Wildman–Crippen MR) is 56.0 cm³/mol. The van der Waals surface area contributed by atoms with E-state index in [2.05, 4.69) is 6.07 Å². The van der Waals surface area contributed by atoms with E-state index in [1.807, 2.05) is 6.26 Å². The Morgan fingerprint density at radius 2 is 2.00 bits per heavy atom. The van der Waals surface area contributed by atoms with Gasteiger partial charge in [-0.05, 0) is 18.4 Å². The van der Waals surface area contributed by atoms with Crippen molar-refractivity contribution in [1.82, 2.24) is 0 Å². The van der Waals surface area contributed by atoms with Crippen LogP contribution in [0.25, 0.3) is 0 Å². The van der Waals surface area contributed by atoms with Crippen LogP contribution in [-0.2, 0) is 0 Å². The highest BCUT2D eigenvalue weighted by Gasteiger charge is 2.13. The normalized spacial score (nSPS) is 9.29. The summed E-state index contributed by atoms with van der Waals surface area (Å²) in [4.78, 5) is 0.856. The first-order chi connectivity index (χ1) is 6.78. The van der Waals surface area contributed by atoms with E-state index in [1.54, 1.807) is 26.4 Å². The Balaban J connectivity index is 3.38. The van der Waals surface area contributed by atoms with Crippen LogP contribution in [-0.4, -0.2) is 20.5 Å². The standard InChI is InChI=1S/C10H11NO2S/c1-12-8-5-4-7(6-11)9(13-2)10(8)14-3/h4-5H,1-3H3. The Morgan fingerprint density at radius 3 is 2.43 bits per heavy atom. The maximum absolute atomic E-state index is 8.85. The minimum Gasteiger partial charge on any atom is -0.495 e. The summed E-state index contributed by atoms with van der Waals surface area (Å²) in [6, 6.07) is 5.54. The van der Waals surface area contributed by atoms with E-state index in [4.69, 9.17) is 14.7 Å². The summed E-state index contributed by atoms with van der Waals surface area (Å²) in [6.45, 7) is 0. The van der Waals surface area contributed by atoms with Crippen molar-refractivity contribution in [1.29, 1.82) is 5.26 Å². The molecule has 1 rings (SSSR count). The number of ether oxygens (including phenoxy) is 2. The van der Waals surface area contributed by atoms with Crippen molar-refractivity contribution in [2.75, 3.05) is 20.5 Å². The summed E-state index contributed by atoms with van der Waals surface area (Å²) in [5.41, 5.74) is 0.526. The van der Waals surface area contributed by atoms with Crippen molar-refractivity contribution in [3.63, 3.8) is 0 Å². The molecule has 1 aromatic carbocycles. The van der Waals surface area contributed by atoms with Crippen molar-refractivity contribution in [2.24, 2.45) is 0 Å². The van der Waals surface area contributed by atoms with Gasteiger partial charge >= 0.3 is 0 Å². The summed E-state index contributed by atoms with van der Waals surface area (Å²) in [5.74, 6) is 1.31. The van der Waals surface area contributed by atoms with Crippen LogP contribution in [0.15, 0.2) is 17.0 Å². The largest absolute Gasteiger partial charge is 0.495 e. The van der Waals surface area contributed by atoms with Crippen LogP contribution < -0.4 is 9.47 Å². The number of methoxy groups -OCH3 is 2. The van der Waals surface area contributed by atoms with Crippen LogP contribution in [0, 0.1) is 11.3 Å². The monoisotopic (exact) mass is 209 g/mol. The molecule has 0 fully saturated rings. The first kappa shape index (κ1) is 10.7. The molecule has 0 unspecified atom stereocenters. The van der Waals surface area contributed by atoms with Gasteiger partial charge in [0.2, 0.25) is 0 Å². The minimum absolute atomic E-state index is 0.526. The third kappa shape index (κ3) is 1.78. The second-order valence-electron chi connectivity index (χ2n) is 2.49. The van der Waals surface area contributed by atoms with Gasteiger partial charge in [0, 0.05) is 0 Å². The predicted octanol–water partition coefficient (Wildman–Crippen LogP) is 2.30. The van der Waals surface area contributed by atoms with Crippen LogP contribution in [0.3, 0.4) is 0 Å². The molecule has 0 N–H and O–H groups in total. The third-order valence-corrected chi connectivity index (χ3v) is 2.62. The van der Waals surface area contributed by atoms with Gasteiger partial charge in [0.25, 0.3) is 0 Å². The van der Waals surface area contributed by atoms with Crippen LogP contribution in [0.1, 0.15) is 5.56 Å². The second-order valence-corrected chi connectivity index (χ2v) is 3.31. The van der Waals surface area contributed by atoms with Gasteiger partial charge in [-0.25, -0.2) is 0 Å². The Morgan fingerprint density at radius 1 is 1.29 bits per heavy atom. The van der Waals surface area contributed by atoms with E-state index in [0.29, 0.717) is 11.3 Å². The number of hydrogen-bond donors (Lipinski definition) is 0. The van der Waals surface area contributed by atoms with Crippen LogP contribution >= 0.6 is 11.8 Å². The summed E-state index contributed by atoms with van der Waals surface area (Å²) in [5, 5.41) is 8.85. The highest BCUT2D eigenvalue weighted by Crippen LogP contribution is 2.38. The Hall–Kier alpha value is -1.34. The molecule has 3 nitrogen and oxygen atoms in total. The van der Waals surface area contributed by atoms with Gasteiger partial charge in [-0.2, -0.15) is 5.26 Å². The lowest BCUT2D eigenvalue weighted by atomic mass is 10.2. The molecule has 74 valence electrons. The molecule has 0 aliphatic rings. The number of nitriles is 1. The van der Waals surface area contributed by atoms with Gasteiger partial charge in [-0.3, -0.25) is 0 Å². The number of thioether (sulfide) groups is 1. The molecule has 14 heavy (non-hydrogen) atoms. The summed E-state index contributed by atoms with van der Waals surface area (Å²) in [7, 11) is 3.15. The van der Waals surface area contributed by atoms with E-state index in [9.17, 15) is 0 Å². The number of benzene rings is 1. The summed E-state index contributed by atoms with van der Waals surface area (Å²) < 4.78 is 10.3. The molecule has 0 heterocycles. The lowest BCUT2D eigenvalue weighted by molar-refractivity contribution is 0.376. The molecule has 0 aliphatic heterocycles. The van der Waals surface area contributed by atoms with Crippen LogP contribution in [0.2, 0.25) is 0 Å². The van der Waals surface area contributed by atoms with Gasteiger partial charge in [-0.15, -0.1) is 11.8 Å². The van der Waals surface area contributed by atoms with Crippen molar-refractivity contribution in [3.8, 4) is 17.6 Å². The molecule has 4 heteroatoms. The molecule has 0 saturated heterocycles. The van der Waals surface area contributed by atoms with Crippen molar-refractivity contribution < 1.29 is 9.47 Å². The molecule has 0 spiro atoms. The number of nitrogens with zero attached hydrogens (tertiary/aromatic N) is 1. The van der Waals surface area contributed by atoms with Crippen LogP contribution in [0.4, 0.5) is 0 Å². The molecular formula is C10H11NO2S. The Bertz CT molecular complexity index is 371. The lowest BCUT2D eigenvalue weighted by Crippen LogP contribution is -1.94. The zero-order valence-corrected chi connectivity index (χ0v) is 9.14. The zero-order chi connectivity index (χ0) is 10.6. The number of hydrogen-bond acceptors (Lipinski definition) is 4. The van der Waals surface area contributed by atoms with Gasteiger partial charge < -0.3 is 9.47 Å². The van der Waals surface area contributed by atoms with Crippen LogP contribution in [0.5, 0.6) is 11.5 Å². The molecule has 0 saturated carbocycles. The molecule has 0 atom stereocenters. The molecule has 0 aliphatic carbocycles.